The monoisotopic (exact) mass is 372 g/mol. The van der Waals surface area contributed by atoms with Crippen LogP contribution >= 0.6 is 43.2 Å². The summed E-state index contributed by atoms with van der Waals surface area (Å²) in [4.78, 5) is 0. The standard InChI is InChI=1S/C6H12O6S6/c7-17(8,9)3-5-1-13-14-2-6(16-15-5)4-18(10,11)12/h5-6H,1-4H2,(H,7,8,9)(H,10,11,12)/t5-,6+. The van der Waals surface area contributed by atoms with Crippen molar-refractivity contribution in [3.8, 4) is 0 Å². The van der Waals surface area contributed by atoms with E-state index >= 15 is 0 Å². The Balaban J connectivity index is 2.55. The summed E-state index contributed by atoms with van der Waals surface area (Å²) in [7, 11) is -2.70. The highest BCUT2D eigenvalue weighted by molar-refractivity contribution is 8.80. The molecule has 0 radical (unpaired) electrons. The highest BCUT2D eigenvalue weighted by Gasteiger charge is 2.25. The van der Waals surface area contributed by atoms with E-state index in [0.717, 1.165) is 0 Å². The first kappa shape index (κ1) is 17.3. The molecule has 0 unspecified atom stereocenters. The Labute approximate surface area is 122 Å². The second-order valence-electron chi connectivity index (χ2n) is 3.50. The van der Waals surface area contributed by atoms with Gasteiger partial charge in [-0.2, -0.15) is 16.8 Å². The van der Waals surface area contributed by atoms with Crippen molar-refractivity contribution < 1.29 is 25.9 Å². The molecule has 1 heterocycles. The van der Waals surface area contributed by atoms with Crippen molar-refractivity contribution in [2.45, 2.75) is 10.5 Å². The van der Waals surface area contributed by atoms with Gasteiger partial charge in [0.2, 0.25) is 0 Å². The summed E-state index contributed by atoms with van der Waals surface area (Å²) in [5, 5.41) is -0.599. The summed E-state index contributed by atoms with van der Waals surface area (Å²) < 4.78 is 60.7. The van der Waals surface area contributed by atoms with Crippen molar-refractivity contribution in [2.75, 3.05) is 23.0 Å². The van der Waals surface area contributed by atoms with Gasteiger partial charge in [0, 0.05) is 22.0 Å². The molecule has 1 fully saturated rings. The van der Waals surface area contributed by atoms with E-state index in [0.29, 0.717) is 11.5 Å². The predicted octanol–water partition coefficient (Wildman–Crippen LogP) is 1.28. The van der Waals surface area contributed by atoms with E-state index < -0.39 is 20.2 Å². The fourth-order valence-corrected chi connectivity index (χ4v) is 11.0. The normalized spacial score (nSPS) is 27.4. The Hall–Kier alpha value is 1.22. The van der Waals surface area contributed by atoms with Gasteiger partial charge in [-0.05, 0) is 0 Å². The Kier molecular flexibility index (Phi) is 7.00. The largest absolute Gasteiger partial charge is 0.286 e. The molecule has 2 atom stereocenters. The summed E-state index contributed by atoms with van der Waals surface area (Å²) in [6.45, 7) is 0. The lowest BCUT2D eigenvalue weighted by molar-refractivity contribution is 0.480. The van der Waals surface area contributed by atoms with Gasteiger partial charge in [-0.25, -0.2) is 0 Å². The van der Waals surface area contributed by atoms with Crippen LogP contribution < -0.4 is 0 Å². The zero-order chi connectivity index (χ0) is 13.8. The van der Waals surface area contributed by atoms with Crippen LogP contribution in [0.3, 0.4) is 0 Å². The molecule has 12 heteroatoms. The van der Waals surface area contributed by atoms with Gasteiger partial charge in [0.25, 0.3) is 20.2 Å². The molecule has 1 aliphatic heterocycles. The molecule has 108 valence electrons. The van der Waals surface area contributed by atoms with Crippen LogP contribution in [0.4, 0.5) is 0 Å². The van der Waals surface area contributed by atoms with Crippen LogP contribution in [-0.2, 0) is 20.2 Å². The fraction of sp³-hybridized carbons (Fsp3) is 1.00. The zero-order valence-electron chi connectivity index (χ0n) is 8.96. The van der Waals surface area contributed by atoms with Gasteiger partial charge in [-0.15, -0.1) is 0 Å². The SMILES string of the molecule is O=S(=O)(O)C[C@H]1CSSC[C@@H](CS(=O)(=O)O)SS1. The van der Waals surface area contributed by atoms with E-state index in [-0.39, 0.29) is 22.0 Å². The van der Waals surface area contributed by atoms with E-state index in [1.807, 2.05) is 0 Å². The molecule has 1 aliphatic rings. The summed E-state index contributed by atoms with van der Waals surface area (Å²) in [6.07, 6.45) is 0. The molecule has 1 saturated heterocycles. The average molecular weight is 373 g/mol. The molecule has 2 N–H and O–H groups in total. The third-order valence-electron chi connectivity index (χ3n) is 1.71. The maximum Gasteiger partial charge on any atom is 0.266 e. The van der Waals surface area contributed by atoms with Crippen molar-refractivity contribution in [1.29, 1.82) is 0 Å². The average Bonchev–Trinajstić information content (AvgIpc) is 2.12. The van der Waals surface area contributed by atoms with Gasteiger partial charge in [-0.1, -0.05) is 43.2 Å². The smallest absolute Gasteiger partial charge is 0.266 e. The molecule has 0 saturated carbocycles. The van der Waals surface area contributed by atoms with Crippen LogP contribution in [0.5, 0.6) is 0 Å². The van der Waals surface area contributed by atoms with E-state index in [9.17, 15) is 16.8 Å². The van der Waals surface area contributed by atoms with Gasteiger partial charge in [0.1, 0.15) is 0 Å². The second-order valence-corrected chi connectivity index (χ2v) is 11.9. The Morgan fingerprint density at radius 1 is 0.833 bits per heavy atom. The minimum Gasteiger partial charge on any atom is -0.286 e. The highest BCUT2D eigenvalue weighted by Crippen LogP contribution is 2.41. The molecule has 6 nitrogen and oxygen atoms in total. The molecular formula is C6H12O6S6. The molecule has 0 spiro atoms. The van der Waals surface area contributed by atoms with Gasteiger partial charge in [0.15, 0.2) is 0 Å². The fourth-order valence-electron chi connectivity index (χ4n) is 1.08. The Morgan fingerprint density at radius 2 is 1.17 bits per heavy atom. The van der Waals surface area contributed by atoms with Crippen LogP contribution in [0.25, 0.3) is 0 Å². The second kappa shape index (κ2) is 7.29. The number of hydrogen-bond donors (Lipinski definition) is 2. The molecule has 18 heavy (non-hydrogen) atoms. The topological polar surface area (TPSA) is 109 Å². The van der Waals surface area contributed by atoms with Gasteiger partial charge in [-0.3, -0.25) is 9.11 Å². The van der Waals surface area contributed by atoms with Crippen LogP contribution in [0.2, 0.25) is 0 Å². The van der Waals surface area contributed by atoms with Crippen LogP contribution in [0, 0.1) is 0 Å². The molecule has 0 aromatic heterocycles. The van der Waals surface area contributed by atoms with Crippen LogP contribution in [0.15, 0.2) is 0 Å². The van der Waals surface area contributed by atoms with Crippen molar-refractivity contribution >= 4 is 63.4 Å². The van der Waals surface area contributed by atoms with Gasteiger partial charge >= 0.3 is 0 Å². The minimum atomic E-state index is -4.03. The summed E-state index contributed by atoms with van der Waals surface area (Å²) >= 11 is 0. The van der Waals surface area contributed by atoms with Crippen molar-refractivity contribution in [1.82, 2.24) is 0 Å². The number of rotatable bonds is 4. The molecule has 0 aliphatic carbocycles. The van der Waals surface area contributed by atoms with Crippen molar-refractivity contribution in [3.05, 3.63) is 0 Å². The third-order valence-corrected chi connectivity index (χ3v) is 10.1. The lowest BCUT2D eigenvalue weighted by Crippen LogP contribution is -2.24. The summed E-state index contributed by atoms with van der Waals surface area (Å²) in [5.41, 5.74) is 0. The van der Waals surface area contributed by atoms with Gasteiger partial charge < -0.3 is 0 Å². The first-order valence-electron chi connectivity index (χ1n) is 4.62. The zero-order valence-corrected chi connectivity index (χ0v) is 13.9. The van der Waals surface area contributed by atoms with Crippen LogP contribution in [0.1, 0.15) is 0 Å². The van der Waals surface area contributed by atoms with E-state index in [1.165, 1.54) is 43.2 Å². The Morgan fingerprint density at radius 3 is 1.44 bits per heavy atom. The number of hydrogen-bond acceptors (Lipinski definition) is 8. The maximum absolute atomic E-state index is 10.8. The van der Waals surface area contributed by atoms with E-state index in [2.05, 4.69) is 0 Å². The lowest BCUT2D eigenvalue weighted by Gasteiger charge is -2.21. The third kappa shape index (κ3) is 8.40. The van der Waals surface area contributed by atoms with Crippen molar-refractivity contribution in [3.63, 3.8) is 0 Å². The quantitative estimate of drug-likeness (QED) is 0.553. The van der Waals surface area contributed by atoms with Gasteiger partial charge in [0.05, 0.1) is 11.5 Å². The highest BCUT2D eigenvalue weighted by atomic mass is 33.1. The molecule has 0 amide bonds. The van der Waals surface area contributed by atoms with E-state index in [4.69, 9.17) is 9.11 Å². The minimum absolute atomic E-state index is 0.299. The molecule has 1 rings (SSSR count). The summed E-state index contributed by atoms with van der Waals surface area (Å²) in [5.74, 6) is 0.412. The predicted molar refractivity (Wildman–Crippen MR) is 80.5 cm³/mol. The van der Waals surface area contributed by atoms with Crippen molar-refractivity contribution in [2.24, 2.45) is 0 Å². The first-order chi connectivity index (χ1) is 8.16. The first-order valence-corrected chi connectivity index (χ1v) is 12.6. The van der Waals surface area contributed by atoms with E-state index in [1.54, 1.807) is 0 Å². The molecular weight excluding hydrogens is 360 g/mol. The molecule has 0 bridgehead atoms. The lowest BCUT2D eigenvalue weighted by atomic mass is 10.5. The molecule has 0 aromatic rings. The summed E-state index contributed by atoms with van der Waals surface area (Å²) in [6, 6.07) is 0. The maximum atomic E-state index is 10.8. The Bertz CT molecular complexity index is 413. The molecule has 0 aromatic carbocycles. The van der Waals surface area contributed by atoms with Crippen LogP contribution in [-0.4, -0.2) is 59.5 Å².